The fraction of sp³-hybridized carbons (Fsp3) is 0.362. The highest BCUT2D eigenvalue weighted by Gasteiger charge is 2.25. The third-order valence-electron chi connectivity index (χ3n) is 12.2. The third kappa shape index (κ3) is 9.63. The molecule has 332 valence electrons. The van der Waals surface area contributed by atoms with Crippen LogP contribution in [0.4, 0.5) is 17.3 Å². The van der Waals surface area contributed by atoms with Gasteiger partial charge in [0.1, 0.15) is 34.6 Å². The molecular formula is C47H48N12O5S. The quantitative estimate of drug-likeness (QED) is 0.121. The predicted octanol–water partition coefficient (Wildman–Crippen LogP) is 5.66. The summed E-state index contributed by atoms with van der Waals surface area (Å²) in [5.74, 6) is 0.270. The van der Waals surface area contributed by atoms with Crippen LogP contribution in [0, 0.1) is 22.7 Å². The molecule has 0 bridgehead atoms. The lowest BCUT2D eigenvalue weighted by atomic mass is 10.0. The normalized spacial score (nSPS) is 16.5. The number of aromatic nitrogens is 6. The van der Waals surface area contributed by atoms with Crippen LogP contribution >= 0.6 is 0 Å². The summed E-state index contributed by atoms with van der Waals surface area (Å²) in [6.45, 7) is 1.43. The van der Waals surface area contributed by atoms with Crippen molar-refractivity contribution in [2.75, 3.05) is 30.4 Å². The molecule has 18 heteroatoms. The van der Waals surface area contributed by atoms with E-state index in [2.05, 4.69) is 35.9 Å². The van der Waals surface area contributed by atoms with Crippen molar-refractivity contribution in [2.45, 2.75) is 94.3 Å². The van der Waals surface area contributed by atoms with Gasteiger partial charge in [-0.15, -0.1) is 0 Å². The summed E-state index contributed by atoms with van der Waals surface area (Å²) in [7, 11) is -1.31. The Hall–Kier alpha value is -7.31. The number of rotatable bonds is 5. The number of fused-ring (bicyclic) bond motifs is 4. The first-order valence-corrected chi connectivity index (χ1v) is 23.4. The van der Waals surface area contributed by atoms with Gasteiger partial charge in [-0.25, -0.2) is 15.0 Å². The summed E-state index contributed by atoms with van der Waals surface area (Å²) in [4.78, 5) is 66.6. The summed E-state index contributed by atoms with van der Waals surface area (Å²) in [5, 5.41) is 28.9. The zero-order valence-corrected chi connectivity index (χ0v) is 36.7. The number of aryl methyl sites for hydroxylation is 2. The van der Waals surface area contributed by atoms with Gasteiger partial charge in [0.15, 0.2) is 0 Å². The zero-order chi connectivity index (χ0) is 45.6. The summed E-state index contributed by atoms with van der Waals surface area (Å²) in [6, 6.07) is 18.3. The first-order valence-electron chi connectivity index (χ1n) is 21.9. The van der Waals surface area contributed by atoms with E-state index in [9.17, 15) is 28.6 Å². The van der Waals surface area contributed by atoms with Crippen LogP contribution in [0.1, 0.15) is 119 Å². The average Bonchev–Trinajstić information content (AvgIpc) is 3.99. The summed E-state index contributed by atoms with van der Waals surface area (Å²) < 4.78 is 14.8. The topological polar surface area (TPSA) is 256 Å². The molecule has 1 atom stereocenters. The second kappa shape index (κ2) is 19.6. The number of nitrogens with zero attached hydrogens (tertiary/aromatic N) is 8. The van der Waals surface area contributed by atoms with Crippen LogP contribution in [0.2, 0.25) is 0 Å². The van der Waals surface area contributed by atoms with Crippen molar-refractivity contribution in [1.29, 1.82) is 10.5 Å². The standard InChI is InChI=1S/C23H22N6O2.C14H14N4O2S.C10H12N2O/c24-12-15-10-16-13-26-23(28-20(16)29(22(15)31)18-5-1-2-6-18)27-17-8-7-14-4-3-9-25-21(30)19(14)11-17;1-21(20)14-16-8-10-6-9(7-15)13(19)18(12(10)17-14)11-4-2-3-5-11;11-8-4-3-7-2-1-5-12-10(13)9(7)6-8/h7-8,10-11,13,18H,1-6,9H2,(H,25,30)(H,26,27,28);6,8,11H,2-5H2,1H3;3-4,6H,1-2,5,11H2,(H,12,13). The molecular weight excluding hydrogens is 845 g/mol. The van der Waals surface area contributed by atoms with Gasteiger partial charge >= 0.3 is 0 Å². The molecule has 1 unspecified atom stereocenters. The zero-order valence-electron chi connectivity index (χ0n) is 35.9. The predicted molar refractivity (Wildman–Crippen MR) is 246 cm³/mol. The molecule has 4 aliphatic rings. The number of anilines is 3. The number of carbonyl (C=O) groups excluding carboxylic acids is 2. The molecule has 4 aromatic heterocycles. The van der Waals surface area contributed by atoms with Crippen molar-refractivity contribution in [2.24, 2.45) is 0 Å². The lowest BCUT2D eigenvalue weighted by Gasteiger charge is -2.17. The van der Waals surface area contributed by atoms with Crippen LogP contribution in [0.25, 0.3) is 22.1 Å². The molecule has 2 aliphatic heterocycles. The fourth-order valence-corrected chi connectivity index (χ4v) is 9.39. The molecule has 65 heavy (non-hydrogen) atoms. The van der Waals surface area contributed by atoms with Gasteiger partial charge in [0.25, 0.3) is 22.9 Å². The minimum absolute atomic E-state index is 0.000185. The summed E-state index contributed by atoms with van der Waals surface area (Å²) >= 11 is 0. The molecule has 5 N–H and O–H groups in total. The van der Waals surface area contributed by atoms with Crippen LogP contribution in [-0.2, 0) is 23.6 Å². The van der Waals surface area contributed by atoms with Crippen LogP contribution in [0.15, 0.2) is 75.7 Å². The first-order chi connectivity index (χ1) is 31.5. The lowest BCUT2D eigenvalue weighted by molar-refractivity contribution is 0.0948. The van der Waals surface area contributed by atoms with E-state index in [1.54, 1.807) is 27.5 Å². The van der Waals surface area contributed by atoms with E-state index in [-0.39, 0.29) is 51.3 Å². The fourth-order valence-electron chi connectivity index (χ4n) is 8.97. The Labute approximate surface area is 376 Å². The van der Waals surface area contributed by atoms with E-state index < -0.39 is 10.8 Å². The molecule has 10 rings (SSSR count). The molecule has 6 heterocycles. The average molecular weight is 893 g/mol. The van der Waals surface area contributed by atoms with Crippen molar-refractivity contribution in [3.8, 4) is 12.1 Å². The number of hydrogen-bond donors (Lipinski definition) is 4. The van der Waals surface area contributed by atoms with E-state index in [0.717, 1.165) is 100 Å². The Kier molecular flexibility index (Phi) is 13.4. The highest BCUT2D eigenvalue weighted by atomic mass is 32.2. The van der Waals surface area contributed by atoms with Crippen LogP contribution < -0.4 is 32.8 Å². The monoisotopic (exact) mass is 892 g/mol. The van der Waals surface area contributed by atoms with Gasteiger partial charge in [-0.05, 0) is 98.9 Å². The molecule has 0 spiro atoms. The minimum Gasteiger partial charge on any atom is -0.399 e. The molecule has 2 aliphatic carbocycles. The van der Waals surface area contributed by atoms with Crippen molar-refractivity contribution in [3.05, 3.63) is 115 Å². The number of pyridine rings is 2. The van der Waals surface area contributed by atoms with E-state index in [1.807, 2.05) is 42.5 Å². The molecule has 17 nitrogen and oxygen atoms in total. The smallest absolute Gasteiger partial charge is 0.270 e. The van der Waals surface area contributed by atoms with Gasteiger partial charge in [-0.3, -0.25) is 32.5 Å². The van der Waals surface area contributed by atoms with Gasteiger partial charge in [0.2, 0.25) is 11.1 Å². The Morgan fingerprint density at radius 2 is 1.20 bits per heavy atom. The number of hydrogen-bond acceptors (Lipinski definition) is 13. The Balaban J connectivity index is 0.000000146. The maximum Gasteiger partial charge on any atom is 0.270 e. The van der Waals surface area contributed by atoms with Crippen molar-refractivity contribution in [1.82, 2.24) is 39.7 Å². The number of nitrogens with one attached hydrogen (secondary N) is 3. The van der Waals surface area contributed by atoms with E-state index in [1.165, 1.54) is 18.5 Å². The Morgan fingerprint density at radius 3 is 1.74 bits per heavy atom. The Bertz CT molecular complexity index is 3070. The summed E-state index contributed by atoms with van der Waals surface area (Å²) in [6.07, 6.45) is 16.2. The number of nitriles is 2. The Morgan fingerprint density at radius 1 is 0.692 bits per heavy atom. The van der Waals surface area contributed by atoms with Gasteiger partial charge in [-0.1, -0.05) is 37.8 Å². The maximum atomic E-state index is 12.9. The van der Waals surface area contributed by atoms with E-state index in [4.69, 9.17) is 11.0 Å². The second-order valence-corrected chi connectivity index (χ2v) is 17.8. The van der Waals surface area contributed by atoms with E-state index >= 15 is 0 Å². The maximum absolute atomic E-state index is 12.9. The van der Waals surface area contributed by atoms with Crippen molar-refractivity contribution in [3.63, 3.8) is 0 Å². The van der Waals surface area contributed by atoms with Gasteiger partial charge in [-0.2, -0.15) is 15.5 Å². The molecule has 2 fully saturated rings. The summed E-state index contributed by atoms with van der Waals surface area (Å²) in [5.41, 5.74) is 11.1. The van der Waals surface area contributed by atoms with Gasteiger partial charge in [0.05, 0.1) is 10.8 Å². The van der Waals surface area contributed by atoms with Crippen molar-refractivity contribution < 1.29 is 13.8 Å². The SMILES string of the molecule is CS(=O)c1ncc2cc(C#N)c(=O)n(C3CCCC3)c2n1.N#Cc1cc2cnc(Nc3ccc4c(c3)C(=O)NCCC4)nc2n(C2CCCC2)c1=O.Nc1ccc2c(c1)C(=O)NCCC2. The van der Waals surface area contributed by atoms with Crippen molar-refractivity contribution >= 4 is 62.0 Å². The van der Waals surface area contributed by atoms with Crippen LogP contribution in [0.5, 0.6) is 0 Å². The van der Waals surface area contributed by atoms with Gasteiger partial charge < -0.3 is 21.7 Å². The highest BCUT2D eigenvalue weighted by molar-refractivity contribution is 7.84. The molecule has 0 radical (unpaired) electrons. The number of nitrogens with two attached hydrogens (primary N) is 1. The highest BCUT2D eigenvalue weighted by Crippen LogP contribution is 2.32. The number of nitrogen functional groups attached to an aromatic ring is 1. The number of carbonyl (C=O) groups is 2. The largest absolute Gasteiger partial charge is 0.399 e. The molecule has 0 saturated heterocycles. The molecule has 6 aromatic rings. The number of amides is 2. The third-order valence-corrected chi connectivity index (χ3v) is 12.9. The second-order valence-electron chi connectivity index (χ2n) is 16.6. The minimum atomic E-state index is -1.31. The van der Waals surface area contributed by atoms with Crippen LogP contribution in [0.3, 0.4) is 0 Å². The molecule has 2 saturated carbocycles. The molecule has 2 aromatic carbocycles. The first kappa shape index (κ1) is 44.3. The van der Waals surface area contributed by atoms with E-state index in [0.29, 0.717) is 51.5 Å². The van der Waals surface area contributed by atoms with Gasteiger partial charge in [0, 0.05) is 77.1 Å². The number of benzene rings is 2. The lowest BCUT2D eigenvalue weighted by Crippen LogP contribution is -2.27. The van der Waals surface area contributed by atoms with Crippen LogP contribution in [-0.4, -0.2) is 64.4 Å². The molecule has 2 amide bonds.